The number of hydrogen-bond acceptors (Lipinski definition) is 2. The topological polar surface area (TPSA) is 6.48 Å². The van der Waals surface area contributed by atoms with Gasteiger partial charge in [0.1, 0.15) is 8.07 Å². The molecule has 4 rings (SSSR count). The SMILES string of the molecule is CN1CCc2cc(Br)c([Si](C)(C)c3cc4c(cc3Br)CCN4C)cc21. The van der Waals surface area contributed by atoms with Crippen LogP contribution in [0.5, 0.6) is 0 Å². The van der Waals surface area contributed by atoms with E-state index in [1.807, 2.05) is 0 Å². The van der Waals surface area contributed by atoms with Crippen molar-refractivity contribution in [2.24, 2.45) is 0 Å². The predicted molar refractivity (Wildman–Crippen MR) is 119 cm³/mol. The molecule has 2 nitrogen and oxygen atoms in total. The first-order chi connectivity index (χ1) is 11.8. The Morgan fingerprint density at radius 3 is 1.56 bits per heavy atom. The Kier molecular flexibility index (Phi) is 4.32. The van der Waals surface area contributed by atoms with Crippen molar-refractivity contribution in [1.29, 1.82) is 0 Å². The van der Waals surface area contributed by atoms with Crippen LogP contribution >= 0.6 is 31.9 Å². The smallest absolute Gasteiger partial charge is 0.115 e. The fourth-order valence-electron chi connectivity index (χ4n) is 4.24. The molecule has 0 saturated heterocycles. The first kappa shape index (κ1) is 17.6. The van der Waals surface area contributed by atoms with Crippen molar-refractivity contribution in [1.82, 2.24) is 0 Å². The third-order valence-electron chi connectivity index (χ3n) is 5.94. The van der Waals surface area contributed by atoms with E-state index in [2.05, 4.69) is 93.1 Å². The van der Waals surface area contributed by atoms with Crippen LogP contribution in [0.15, 0.2) is 33.2 Å². The fourth-order valence-corrected chi connectivity index (χ4v) is 10.6. The van der Waals surface area contributed by atoms with E-state index in [4.69, 9.17) is 0 Å². The summed E-state index contributed by atoms with van der Waals surface area (Å²) in [5, 5.41) is 2.97. The molecule has 2 aliphatic heterocycles. The van der Waals surface area contributed by atoms with Gasteiger partial charge in [0.05, 0.1) is 0 Å². The van der Waals surface area contributed by atoms with Crippen molar-refractivity contribution in [2.45, 2.75) is 25.9 Å². The average Bonchev–Trinajstić information content (AvgIpc) is 3.09. The van der Waals surface area contributed by atoms with Crippen LogP contribution in [0.1, 0.15) is 11.1 Å². The van der Waals surface area contributed by atoms with E-state index in [1.54, 1.807) is 0 Å². The molecule has 0 aromatic heterocycles. The van der Waals surface area contributed by atoms with E-state index >= 15 is 0 Å². The highest BCUT2D eigenvalue weighted by atomic mass is 79.9. The molecule has 0 saturated carbocycles. The Morgan fingerprint density at radius 2 is 1.16 bits per heavy atom. The molecule has 2 aromatic rings. The Bertz CT molecular complexity index is 794. The van der Waals surface area contributed by atoms with Crippen molar-refractivity contribution in [3.63, 3.8) is 0 Å². The monoisotopic (exact) mass is 478 g/mol. The van der Waals surface area contributed by atoms with E-state index in [1.165, 1.54) is 41.8 Å². The van der Waals surface area contributed by atoms with Crippen molar-refractivity contribution in [2.75, 3.05) is 37.0 Å². The van der Waals surface area contributed by atoms with Gasteiger partial charge in [0.2, 0.25) is 0 Å². The third-order valence-corrected chi connectivity index (χ3v) is 11.5. The lowest BCUT2D eigenvalue weighted by molar-refractivity contribution is 0.956. The standard InChI is InChI=1S/C20H24Br2N2Si/c1-23-7-5-13-9-15(21)19(11-17(13)23)25(3,4)20-12-18-14(10-16(20)22)6-8-24(18)2/h9-12H,5-8H2,1-4H3. The highest BCUT2D eigenvalue weighted by molar-refractivity contribution is 9.11. The number of benzene rings is 2. The van der Waals surface area contributed by atoms with Gasteiger partial charge in [0, 0.05) is 47.5 Å². The van der Waals surface area contributed by atoms with Gasteiger partial charge in [0.15, 0.2) is 0 Å². The van der Waals surface area contributed by atoms with Crippen LogP contribution in [-0.2, 0) is 12.8 Å². The summed E-state index contributed by atoms with van der Waals surface area (Å²) in [7, 11) is 2.58. The van der Waals surface area contributed by atoms with Crippen molar-refractivity contribution < 1.29 is 0 Å². The predicted octanol–water partition coefficient (Wildman–Crippen LogP) is 4.02. The summed E-state index contributed by atoms with van der Waals surface area (Å²) in [6.45, 7) is 7.19. The first-order valence-electron chi connectivity index (χ1n) is 8.87. The second kappa shape index (κ2) is 6.14. The second-order valence-corrected chi connectivity index (χ2v) is 13.9. The van der Waals surface area contributed by atoms with Gasteiger partial charge in [-0.2, -0.15) is 0 Å². The van der Waals surface area contributed by atoms with Crippen LogP contribution in [0.3, 0.4) is 0 Å². The lowest BCUT2D eigenvalue weighted by atomic mass is 10.2. The molecule has 0 radical (unpaired) electrons. The molecular formula is C20H24Br2N2Si. The van der Waals surface area contributed by atoms with Crippen LogP contribution in [-0.4, -0.2) is 35.3 Å². The number of anilines is 2. The summed E-state index contributed by atoms with van der Waals surface area (Å²) >= 11 is 7.78. The van der Waals surface area contributed by atoms with Crippen molar-refractivity contribution >= 4 is 61.7 Å². The number of nitrogens with zero attached hydrogens (tertiary/aromatic N) is 2. The zero-order chi connectivity index (χ0) is 17.9. The molecule has 0 N–H and O–H groups in total. The quantitative estimate of drug-likeness (QED) is 0.600. The number of fused-ring (bicyclic) bond motifs is 2. The van der Waals surface area contributed by atoms with Gasteiger partial charge in [-0.15, -0.1) is 0 Å². The number of halogens is 2. The summed E-state index contributed by atoms with van der Waals surface area (Å²) in [4.78, 5) is 4.78. The van der Waals surface area contributed by atoms with Gasteiger partial charge < -0.3 is 9.80 Å². The van der Waals surface area contributed by atoms with Gasteiger partial charge in [-0.1, -0.05) is 45.0 Å². The Morgan fingerprint density at radius 1 is 0.760 bits per heavy atom. The van der Waals surface area contributed by atoms with E-state index in [0.717, 1.165) is 25.9 Å². The summed E-state index contributed by atoms with van der Waals surface area (Å²) in [6, 6.07) is 9.61. The molecule has 0 unspecified atom stereocenters. The van der Waals surface area contributed by atoms with E-state index < -0.39 is 8.07 Å². The highest BCUT2D eigenvalue weighted by Crippen LogP contribution is 2.33. The molecule has 0 bridgehead atoms. The maximum atomic E-state index is 3.89. The second-order valence-electron chi connectivity index (χ2n) is 7.89. The maximum absolute atomic E-state index is 3.89. The van der Waals surface area contributed by atoms with E-state index in [0.29, 0.717) is 0 Å². The van der Waals surface area contributed by atoms with Crippen LogP contribution in [0, 0.1) is 0 Å². The van der Waals surface area contributed by atoms with Crippen molar-refractivity contribution in [3.05, 3.63) is 44.3 Å². The zero-order valence-electron chi connectivity index (χ0n) is 15.3. The zero-order valence-corrected chi connectivity index (χ0v) is 19.5. The lowest BCUT2D eigenvalue weighted by Gasteiger charge is -2.29. The van der Waals surface area contributed by atoms with Crippen LogP contribution in [0.25, 0.3) is 0 Å². The minimum Gasteiger partial charge on any atom is -0.374 e. The fraction of sp³-hybridized carbons (Fsp3) is 0.400. The van der Waals surface area contributed by atoms with Crippen LogP contribution in [0.4, 0.5) is 11.4 Å². The molecule has 0 amide bonds. The van der Waals surface area contributed by atoms with Gasteiger partial charge in [-0.05, 0) is 58.6 Å². The summed E-state index contributed by atoms with van der Waals surface area (Å²) < 4.78 is 2.55. The highest BCUT2D eigenvalue weighted by Gasteiger charge is 2.33. The molecule has 0 aliphatic carbocycles. The maximum Gasteiger partial charge on any atom is 0.115 e. The Labute approximate surface area is 168 Å². The molecular weight excluding hydrogens is 456 g/mol. The minimum atomic E-state index is -1.84. The summed E-state index contributed by atoms with van der Waals surface area (Å²) in [5.74, 6) is 0. The van der Waals surface area contributed by atoms with Gasteiger partial charge >= 0.3 is 0 Å². The minimum absolute atomic E-state index is 1.13. The molecule has 2 heterocycles. The largest absolute Gasteiger partial charge is 0.374 e. The van der Waals surface area contributed by atoms with E-state index in [9.17, 15) is 0 Å². The van der Waals surface area contributed by atoms with Gasteiger partial charge in [-0.3, -0.25) is 0 Å². The third kappa shape index (κ3) is 2.79. The first-order valence-corrected chi connectivity index (χ1v) is 13.5. The molecule has 0 atom stereocenters. The normalized spacial score (nSPS) is 16.4. The Hall–Kier alpha value is -0.783. The van der Waals surface area contributed by atoms with Crippen LogP contribution in [0.2, 0.25) is 13.1 Å². The average molecular weight is 480 g/mol. The molecule has 132 valence electrons. The molecule has 0 fully saturated rings. The van der Waals surface area contributed by atoms with E-state index in [-0.39, 0.29) is 0 Å². The summed E-state index contributed by atoms with van der Waals surface area (Å²) in [5.41, 5.74) is 5.76. The molecule has 0 spiro atoms. The number of likely N-dealkylation sites (N-methyl/N-ethyl adjacent to an activating group) is 2. The molecule has 2 aromatic carbocycles. The Balaban J connectivity index is 1.86. The van der Waals surface area contributed by atoms with Crippen LogP contribution < -0.4 is 20.2 Å². The number of hydrogen-bond donors (Lipinski definition) is 0. The summed E-state index contributed by atoms with van der Waals surface area (Å²) in [6.07, 6.45) is 2.31. The van der Waals surface area contributed by atoms with Crippen molar-refractivity contribution in [3.8, 4) is 0 Å². The molecule has 25 heavy (non-hydrogen) atoms. The lowest BCUT2D eigenvalue weighted by Crippen LogP contribution is -2.54. The van der Waals surface area contributed by atoms with Gasteiger partial charge in [-0.25, -0.2) is 0 Å². The molecule has 2 aliphatic rings. The van der Waals surface area contributed by atoms with Gasteiger partial charge in [0.25, 0.3) is 0 Å². The number of rotatable bonds is 2. The molecule has 5 heteroatoms.